The van der Waals surface area contributed by atoms with E-state index in [1.54, 1.807) is 0 Å². The highest BCUT2D eigenvalue weighted by atomic mass is 16.4. The Kier molecular flexibility index (Phi) is 2.38. The third kappa shape index (κ3) is 1.44. The molecule has 1 aliphatic rings. The first-order valence-electron chi connectivity index (χ1n) is 6.03. The van der Waals surface area contributed by atoms with Gasteiger partial charge in [0.2, 0.25) is 0 Å². The third-order valence-electron chi connectivity index (χ3n) is 3.88. The minimum Gasteiger partial charge on any atom is -0.481 e. The van der Waals surface area contributed by atoms with Crippen LogP contribution in [0.15, 0.2) is 42.5 Å². The number of aliphatic carboxylic acids is 1. The lowest BCUT2D eigenvalue weighted by Gasteiger charge is -2.42. The molecule has 1 aliphatic carbocycles. The number of aliphatic hydroxyl groups is 1. The van der Waals surface area contributed by atoms with E-state index in [0.29, 0.717) is 12.8 Å². The monoisotopic (exact) mass is 242 g/mol. The molecule has 0 bridgehead atoms. The molecule has 2 N–H and O–H groups in total. The fourth-order valence-corrected chi connectivity index (χ4v) is 2.90. The molecule has 2 aromatic rings. The van der Waals surface area contributed by atoms with Crippen molar-refractivity contribution in [3.63, 3.8) is 0 Å². The number of carboxylic acids is 1. The molecule has 0 radical (unpaired) electrons. The van der Waals surface area contributed by atoms with E-state index in [1.807, 2.05) is 42.5 Å². The number of fused-ring (bicyclic) bond motifs is 1. The number of aliphatic hydroxyl groups excluding tert-OH is 1. The van der Waals surface area contributed by atoms with Crippen LogP contribution < -0.4 is 0 Å². The van der Waals surface area contributed by atoms with Crippen molar-refractivity contribution in [2.24, 2.45) is 0 Å². The van der Waals surface area contributed by atoms with Gasteiger partial charge in [0, 0.05) is 0 Å². The molecule has 0 spiro atoms. The normalized spacial score (nSPS) is 26.8. The number of carbonyl (C=O) groups is 1. The summed E-state index contributed by atoms with van der Waals surface area (Å²) in [5.41, 5.74) is -0.0984. The van der Waals surface area contributed by atoms with E-state index in [4.69, 9.17) is 0 Å². The molecule has 0 heterocycles. The SMILES string of the molecule is O=C(O)C1(c2cccc3ccccc23)CC(O)C1. The van der Waals surface area contributed by atoms with Crippen molar-refractivity contribution in [3.05, 3.63) is 48.0 Å². The van der Waals surface area contributed by atoms with Crippen molar-refractivity contribution in [3.8, 4) is 0 Å². The van der Waals surface area contributed by atoms with Gasteiger partial charge in [-0.05, 0) is 29.2 Å². The minimum absolute atomic E-state index is 0.302. The van der Waals surface area contributed by atoms with Gasteiger partial charge in [0.05, 0.1) is 11.5 Å². The maximum Gasteiger partial charge on any atom is 0.314 e. The predicted molar refractivity (Wildman–Crippen MR) is 68.5 cm³/mol. The van der Waals surface area contributed by atoms with E-state index in [9.17, 15) is 15.0 Å². The van der Waals surface area contributed by atoms with Gasteiger partial charge >= 0.3 is 5.97 Å². The molecule has 0 aliphatic heterocycles. The van der Waals surface area contributed by atoms with Crippen LogP contribution in [-0.4, -0.2) is 22.3 Å². The van der Waals surface area contributed by atoms with Crippen LogP contribution in [-0.2, 0) is 10.2 Å². The molecule has 0 aromatic heterocycles. The second-order valence-electron chi connectivity index (χ2n) is 4.98. The maximum absolute atomic E-state index is 11.6. The maximum atomic E-state index is 11.6. The van der Waals surface area contributed by atoms with Crippen LogP contribution in [0.1, 0.15) is 18.4 Å². The van der Waals surface area contributed by atoms with Gasteiger partial charge in [-0.15, -0.1) is 0 Å². The van der Waals surface area contributed by atoms with Crippen molar-refractivity contribution in [2.75, 3.05) is 0 Å². The standard InChI is InChI=1S/C15H14O3/c16-11-8-15(9-11,14(17)18)13-7-3-5-10-4-1-2-6-12(10)13/h1-7,11,16H,8-9H2,(H,17,18). The lowest BCUT2D eigenvalue weighted by Crippen LogP contribution is -2.50. The largest absolute Gasteiger partial charge is 0.481 e. The Morgan fingerprint density at radius 3 is 2.44 bits per heavy atom. The quantitative estimate of drug-likeness (QED) is 0.849. The van der Waals surface area contributed by atoms with Crippen molar-refractivity contribution in [1.82, 2.24) is 0 Å². The van der Waals surface area contributed by atoms with E-state index >= 15 is 0 Å². The molecule has 92 valence electrons. The Bertz CT molecular complexity index is 607. The zero-order chi connectivity index (χ0) is 12.8. The average molecular weight is 242 g/mol. The molecular formula is C15H14O3. The molecule has 1 saturated carbocycles. The van der Waals surface area contributed by atoms with E-state index < -0.39 is 17.5 Å². The van der Waals surface area contributed by atoms with Gasteiger partial charge in [-0.3, -0.25) is 4.79 Å². The molecule has 0 atom stereocenters. The summed E-state index contributed by atoms with van der Waals surface area (Å²) in [6, 6.07) is 13.5. The molecule has 0 unspecified atom stereocenters. The molecule has 3 rings (SSSR count). The Morgan fingerprint density at radius 2 is 1.78 bits per heavy atom. The fourth-order valence-electron chi connectivity index (χ4n) is 2.90. The van der Waals surface area contributed by atoms with E-state index in [-0.39, 0.29) is 0 Å². The molecule has 0 saturated heterocycles. The Balaban J connectivity index is 2.22. The number of hydrogen-bond donors (Lipinski definition) is 2. The minimum atomic E-state index is -0.916. The van der Waals surface area contributed by atoms with Gasteiger partial charge in [0.1, 0.15) is 0 Å². The number of hydrogen-bond acceptors (Lipinski definition) is 2. The van der Waals surface area contributed by atoms with Crippen LogP contribution >= 0.6 is 0 Å². The summed E-state index contributed by atoms with van der Waals surface area (Å²) in [4.78, 5) is 11.6. The summed E-state index contributed by atoms with van der Waals surface area (Å²) < 4.78 is 0. The smallest absolute Gasteiger partial charge is 0.314 e. The van der Waals surface area contributed by atoms with Crippen LogP contribution in [0.5, 0.6) is 0 Å². The lowest BCUT2D eigenvalue weighted by atomic mass is 9.62. The van der Waals surface area contributed by atoms with Crippen LogP contribution in [0.25, 0.3) is 10.8 Å². The van der Waals surface area contributed by atoms with Crippen LogP contribution in [0, 0.1) is 0 Å². The first-order chi connectivity index (χ1) is 8.63. The van der Waals surface area contributed by atoms with Gasteiger partial charge in [-0.25, -0.2) is 0 Å². The topological polar surface area (TPSA) is 57.5 Å². The lowest BCUT2D eigenvalue weighted by molar-refractivity contribution is -0.152. The van der Waals surface area contributed by atoms with Gasteiger partial charge in [-0.1, -0.05) is 42.5 Å². The van der Waals surface area contributed by atoms with Crippen molar-refractivity contribution < 1.29 is 15.0 Å². The van der Waals surface area contributed by atoms with Gasteiger partial charge in [0.15, 0.2) is 0 Å². The molecule has 3 heteroatoms. The summed E-state index contributed by atoms with van der Waals surface area (Å²) in [6.45, 7) is 0. The molecule has 1 fully saturated rings. The number of carboxylic acid groups (broad SMARTS) is 1. The molecule has 18 heavy (non-hydrogen) atoms. The average Bonchev–Trinajstić information content (AvgIpc) is 2.34. The molecular weight excluding hydrogens is 228 g/mol. The summed E-state index contributed by atoms with van der Waals surface area (Å²) in [6.07, 6.45) is 0.104. The number of rotatable bonds is 2. The summed E-state index contributed by atoms with van der Waals surface area (Å²) in [5, 5.41) is 21.0. The first-order valence-corrected chi connectivity index (χ1v) is 6.03. The van der Waals surface area contributed by atoms with Gasteiger partial charge in [0.25, 0.3) is 0 Å². The zero-order valence-electron chi connectivity index (χ0n) is 9.84. The van der Waals surface area contributed by atoms with E-state index in [2.05, 4.69) is 0 Å². The van der Waals surface area contributed by atoms with Crippen LogP contribution in [0.3, 0.4) is 0 Å². The second-order valence-corrected chi connectivity index (χ2v) is 4.98. The van der Waals surface area contributed by atoms with Crippen LogP contribution in [0.2, 0.25) is 0 Å². The number of benzene rings is 2. The fraction of sp³-hybridized carbons (Fsp3) is 0.267. The van der Waals surface area contributed by atoms with E-state index in [0.717, 1.165) is 16.3 Å². The van der Waals surface area contributed by atoms with Crippen molar-refractivity contribution >= 4 is 16.7 Å². The highest BCUT2D eigenvalue weighted by Crippen LogP contribution is 2.46. The van der Waals surface area contributed by atoms with Gasteiger partial charge in [-0.2, -0.15) is 0 Å². The highest BCUT2D eigenvalue weighted by Gasteiger charge is 2.51. The van der Waals surface area contributed by atoms with Gasteiger partial charge < -0.3 is 10.2 Å². The van der Waals surface area contributed by atoms with Crippen LogP contribution in [0.4, 0.5) is 0 Å². The second kappa shape index (κ2) is 3.82. The molecule has 3 nitrogen and oxygen atoms in total. The summed E-state index contributed by atoms with van der Waals surface area (Å²) in [5.74, 6) is -0.843. The first kappa shape index (κ1) is 11.2. The Hall–Kier alpha value is -1.87. The summed E-state index contributed by atoms with van der Waals surface area (Å²) >= 11 is 0. The Labute approximate surface area is 105 Å². The van der Waals surface area contributed by atoms with E-state index in [1.165, 1.54) is 0 Å². The predicted octanol–water partition coefficient (Wildman–Crippen LogP) is 2.32. The molecule has 0 amide bonds. The highest BCUT2D eigenvalue weighted by molar-refractivity contribution is 5.93. The summed E-state index contributed by atoms with van der Waals surface area (Å²) in [7, 11) is 0. The Morgan fingerprint density at radius 1 is 1.11 bits per heavy atom. The third-order valence-corrected chi connectivity index (χ3v) is 3.88. The van der Waals surface area contributed by atoms with Crippen molar-refractivity contribution in [1.29, 1.82) is 0 Å². The molecule has 2 aromatic carbocycles. The zero-order valence-corrected chi connectivity index (χ0v) is 9.84. The van der Waals surface area contributed by atoms with Crippen molar-refractivity contribution in [2.45, 2.75) is 24.4 Å².